The zero-order valence-corrected chi connectivity index (χ0v) is 15.1. The van der Waals surface area contributed by atoms with Gasteiger partial charge < -0.3 is 9.47 Å². The van der Waals surface area contributed by atoms with E-state index in [0.29, 0.717) is 18.7 Å². The Morgan fingerprint density at radius 2 is 1.79 bits per heavy atom. The number of aromatic nitrogens is 6. The SMILES string of the molecule is Cn1cnnc1C1CCN(c2cc(C(F)(F)F)nc(-c3ccncc3)n2)CC1. The minimum atomic E-state index is -4.55. The van der Waals surface area contributed by atoms with Gasteiger partial charge in [-0.15, -0.1) is 10.2 Å². The molecule has 0 aromatic carbocycles. The Bertz CT molecular complexity index is 947. The molecule has 1 saturated heterocycles. The van der Waals surface area contributed by atoms with Gasteiger partial charge in [0.15, 0.2) is 11.5 Å². The largest absolute Gasteiger partial charge is 0.433 e. The van der Waals surface area contributed by atoms with E-state index in [-0.39, 0.29) is 17.6 Å². The maximum atomic E-state index is 13.4. The minimum Gasteiger partial charge on any atom is -0.356 e. The van der Waals surface area contributed by atoms with Crippen molar-refractivity contribution in [3.63, 3.8) is 0 Å². The van der Waals surface area contributed by atoms with Crippen LogP contribution in [0.1, 0.15) is 30.3 Å². The van der Waals surface area contributed by atoms with E-state index in [1.807, 2.05) is 16.5 Å². The summed E-state index contributed by atoms with van der Waals surface area (Å²) in [5.74, 6) is 1.45. The van der Waals surface area contributed by atoms with Gasteiger partial charge in [0.1, 0.15) is 18.0 Å². The Morgan fingerprint density at radius 3 is 2.39 bits per heavy atom. The highest BCUT2D eigenvalue weighted by Crippen LogP contribution is 2.34. The Hall–Kier alpha value is -3.04. The summed E-state index contributed by atoms with van der Waals surface area (Å²) in [6.07, 6.45) is 1.65. The van der Waals surface area contributed by atoms with Crippen LogP contribution in [-0.4, -0.2) is 42.8 Å². The van der Waals surface area contributed by atoms with Gasteiger partial charge in [-0.25, -0.2) is 9.97 Å². The third kappa shape index (κ3) is 3.67. The Morgan fingerprint density at radius 1 is 1.07 bits per heavy atom. The number of halogens is 3. The van der Waals surface area contributed by atoms with Gasteiger partial charge in [-0.1, -0.05) is 0 Å². The number of hydrogen-bond donors (Lipinski definition) is 0. The van der Waals surface area contributed by atoms with Crippen LogP contribution in [0.15, 0.2) is 36.9 Å². The molecule has 0 saturated carbocycles. The monoisotopic (exact) mass is 389 g/mol. The zero-order valence-electron chi connectivity index (χ0n) is 15.1. The molecule has 3 aromatic heterocycles. The first kappa shape index (κ1) is 18.3. The molecule has 0 spiro atoms. The topological polar surface area (TPSA) is 72.6 Å². The van der Waals surface area contributed by atoms with E-state index in [4.69, 9.17) is 0 Å². The van der Waals surface area contributed by atoms with Gasteiger partial charge in [0.05, 0.1) is 0 Å². The summed E-state index contributed by atoms with van der Waals surface area (Å²) in [7, 11) is 1.89. The molecule has 28 heavy (non-hydrogen) atoms. The standard InChI is InChI=1S/C18H18F3N7/c1-27-11-23-26-17(27)13-4-8-28(9-5-13)15-10-14(18(19,20)21)24-16(25-15)12-2-6-22-7-3-12/h2-3,6-7,10-11,13H,4-5,8-9H2,1H3. The lowest BCUT2D eigenvalue weighted by Crippen LogP contribution is -2.34. The van der Waals surface area contributed by atoms with E-state index in [0.717, 1.165) is 24.7 Å². The lowest BCUT2D eigenvalue weighted by molar-refractivity contribution is -0.141. The Balaban J connectivity index is 1.62. The first-order valence-electron chi connectivity index (χ1n) is 8.87. The van der Waals surface area contributed by atoms with E-state index >= 15 is 0 Å². The van der Waals surface area contributed by atoms with Gasteiger partial charge in [0.2, 0.25) is 0 Å². The van der Waals surface area contributed by atoms with Crippen LogP contribution >= 0.6 is 0 Å². The fraction of sp³-hybridized carbons (Fsp3) is 0.389. The van der Waals surface area contributed by atoms with E-state index in [1.54, 1.807) is 18.5 Å². The first-order chi connectivity index (χ1) is 13.4. The highest BCUT2D eigenvalue weighted by atomic mass is 19.4. The highest BCUT2D eigenvalue weighted by Gasteiger charge is 2.35. The molecule has 0 atom stereocenters. The number of anilines is 1. The predicted octanol–water partition coefficient (Wildman–Crippen LogP) is 3.07. The third-order valence-corrected chi connectivity index (χ3v) is 4.87. The van der Waals surface area contributed by atoms with Crippen LogP contribution in [-0.2, 0) is 13.2 Å². The van der Waals surface area contributed by atoms with Crippen molar-refractivity contribution in [3.8, 4) is 11.4 Å². The quantitative estimate of drug-likeness (QED) is 0.686. The van der Waals surface area contributed by atoms with E-state index < -0.39 is 11.9 Å². The molecule has 10 heteroatoms. The van der Waals surface area contributed by atoms with Gasteiger partial charge in [-0.2, -0.15) is 13.2 Å². The second kappa shape index (κ2) is 7.17. The van der Waals surface area contributed by atoms with E-state index in [9.17, 15) is 13.2 Å². The van der Waals surface area contributed by atoms with E-state index in [1.165, 1.54) is 12.4 Å². The Kier molecular flexibility index (Phi) is 4.70. The lowest BCUT2D eigenvalue weighted by atomic mass is 9.96. The molecule has 0 N–H and O–H groups in total. The van der Waals surface area contributed by atoms with Crippen molar-refractivity contribution in [2.75, 3.05) is 18.0 Å². The molecule has 0 bridgehead atoms. The molecule has 0 amide bonds. The molecule has 0 radical (unpaired) electrons. The molecule has 3 aromatic rings. The van der Waals surface area contributed by atoms with Crippen molar-refractivity contribution < 1.29 is 13.2 Å². The summed E-state index contributed by atoms with van der Waals surface area (Å²) < 4.78 is 42.0. The van der Waals surface area contributed by atoms with Crippen molar-refractivity contribution in [2.24, 2.45) is 7.05 Å². The zero-order chi connectivity index (χ0) is 19.7. The molecule has 0 unspecified atom stereocenters. The van der Waals surface area contributed by atoms with Crippen molar-refractivity contribution in [2.45, 2.75) is 24.9 Å². The number of alkyl halides is 3. The normalized spacial score (nSPS) is 15.8. The average molecular weight is 389 g/mol. The minimum absolute atomic E-state index is 0.0441. The number of hydrogen-bond acceptors (Lipinski definition) is 6. The number of piperidine rings is 1. The Labute approximate surface area is 159 Å². The second-order valence-electron chi connectivity index (χ2n) is 6.73. The smallest absolute Gasteiger partial charge is 0.356 e. The maximum Gasteiger partial charge on any atom is 0.433 e. The lowest BCUT2D eigenvalue weighted by Gasteiger charge is -2.32. The number of rotatable bonds is 3. The summed E-state index contributed by atoms with van der Waals surface area (Å²) in [4.78, 5) is 13.9. The fourth-order valence-corrected chi connectivity index (χ4v) is 3.40. The van der Waals surface area contributed by atoms with Crippen molar-refractivity contribution in [1.82, 2.24) is 29.7 Å². The molecule has 7 nitrogen and oxygen atoms in total. The van der Waals surface area contributed by atoms with Gasteiger partial charge >= 0.3 is 6.18 Å². The van der Waals surface area contributed by atoms with Crippen LogP contribution in [0.5, 0.6) is 0 Å². The number of aryl methyl sites for hydroxylation is 1. The maximum absolute atomic E-state index is 13.4. The van der Waals surface area contributed by atoms with Crippen LogP contribution in [0.3, 0.4) is 0 Å². The van der Waals surface area contributed by atoms with E-state index in [2.05, 4.69) is 25.1 Å². The highest BCUT2D eigenvalue weighted by molar-refractivity contribution is 5.57. The molecule has 4 rings (SSSR count). The molecule has 1 aliphatic heterocycles. The average Bonchev–Trinajstić information content (AvgIpc) is 3.14. The summed E-state index contributed by atoms with van der Waals surface area (Å²) >= 11 is 0. The molecule has 1 fully saturated rings. The summed E-state index contributed by atoms with van der Waals surface area (Å²) in [5.41, 5.74) is -0.448. The molecule has 0 aliphatic carbocycles. The molecule has 146 valence electrons. The van der Waals surface area contributed by atoms with Crippen LogP contribution in [0.2, 0.25) is 0 Å². The number of nitrogens with zero attached hydrogens (tertiary/aromatic N) is 7. The van der Waals surface area contributed by atoms with Crippen LogP contribution in [0, 0.1) is 0 Å². The summed E-state index contributed by atoms with van der Waals surface area (Å²) in [6.45, 7) is 1.17. The molecular formula is C18H18F3N7. The van der Waals surface area contributed by atoms with Crippen molar-refractivity contribution in [1.29, 1.82) is 0 Å². The van der Waals surface area contributed by atoms with Gasteiger partial charge in [0, 0.05) is 50.1 Å². The van der Waals surface area contributed by atoms with Gasteiger partial charge in [-0.3, -0.25) is 4.98 Å². The second-order valence-corrected chi connectivity index (χ2v) is 6.73. The van der Waals surface area contributed by atoms with Crippen molar-refractivity contribution >= 4 is 5.82 Å². The molecule has 1 aliphatic rings. The third-order valence-electron chi connectivity index (χ3n) is 4.87. The summed E-state index contributed by atoms with van der Waals surface area (Å²) in [5, 5.41) is 8.06. The van der Waals surface area contributed by atoms with Crippen LogP contribution < -0.4 is 4.90 Å². The van der Waals surface area contributed by atoms with Crippen LogP contribution in [0.4, 0.5) is 19.0 Å². The predicted molar refractivity (Wildman–Crippen MR) is 95.5 cm³/mol. The van der Waals surface area contributed by atoms with Crippen LogP contribution in [0.25, 0.3) is 11.4 Å². The van der Waals surface area contributed by atoms with Gasteiger partial charge in [-0.05, 0) is 25.0 Å². The van der Waals surface area contributed by atoms with Gasteiger partial charge in [0.25, 0.3) is 0 Å². The first-order valence-corrected chi connectivity index (χ1v) is 8.87. The molecule has 4 heterocycles. The molecular weight excluding hydrogens is 371 g/mol. The summed E-state index contributed by atoms with van der Waals surface area (Å²) in [6, 6.07) is 4.21. The van der Waals surface area contributed by atoms with Crippen molar-refractivity contribution in [3.05, 3.63) is 48.4 Å². The fourth-order valence-electron chi connectivity index (χ4n) is 3.40. The number of pyridine rings is 1.